The Morgan fingerprint density at radius 1 is 1.17 bits per heavy atom. The fourth-order valence-corrected chi connectivity index (χ4v) is 4.91. The number of nitrogens with one attached hydrogen (secondary N) is 1. The van der Waals surface area contributed by atoms with E-state index in [1.807, 2.05) is 43.0 Å². The Bertz CT molecular complexity index is 814. The van der Waals surface area contributed by atoms with Crippen molar-refractivity contribution in [1.29, 1.82) is 0 Å². The average molecular weight is 433 g/mol. The van der Waals surface area contributed by atoms with E-state index in [9.17, 15) is 9.59 Å². The van der Waals surface area contributed by atoms with Crippen LogP contribution in [0.1, 0.15) is 35.0 Å². The SMILES string of the molecule is CCCNC(=O)CN1CCN(C(=O)c2ccc(CSc3nc(C)cs3)cc2)CC1. The number of benzene rings is 1. The predicted octanol–water partition coefficient (Wildman–Crippen LogP) is 3.03. The summed E-state index contributed by atoms with van der Waals surface area (Å²) in [7, 11) is 0. The molecule has 0 aliphatic carbocycles. The van der Waals surface area contributed by atoms with Crippen molar-refractivity contribution in [3.05, 3.63) is 46.5 Å². The molecule has 29 heavy (non-hydrogen) atoms. The smallest absolute Gasteiger partial charge is 0.253 e. The van der Waals surface area contributed by atoms with Gasteiger partial charge in [-0.05, 0) is 31.0 Å². The lowest BCUT2D eigenvalue weighted by Gasteiger charge is -2.34. The minimum Gasteiger partial charge on any atom is -0.355 e. The Morgan fingerprint density at radius 2 is 1.90 bits per heavy atom. The summed E-state index contributed by atoms with van der Waals surface area (Å²) in [6.07, 6.45) is 0.941. The summed E-state index contributed by atoms with van der Waals surface area (Å²) in [5.74, 6) is 0.975. The first-order chi connectivity index (χ1) is 14.0. The van der Waals surface area contributed by atoms with Crippen LogP contribution < -0.4 is 5.32 Å². The lowest BCUT2D eigenvalue weighted by molar-refractivity contribution is -0.122. The normalized spacial score (nSPS) is 14.8. The van der Waals surface area contributed by atoms with E-state index in [4.69, 9.17) is 0 Å². The molecule has 2 amide bonds. The summed E-state index contributed by atoms with van der Waals surface area (Å²) in [6, 6.07) is 7.87. The fourth-order valence-electron chi connectivity index (χ4n) is 3.10. The zero-order valence-corrected chi connectivity index (χ0v) is 18.7. The Kier molecular flexibility index (Phi) is 8.09. The van der Waals surface area contributed by atoms with Crippen LogP contribution in [0.2, 0.25) is 0 Å². The van der Waals surface area contributed by atoms with E-state index in [2.05, 4.69) is 20.6 Å². The van der Waals surface area contributed by atoms with Crippen LogP contribution in [0, 0.1) is 6.92 Å². The number of hydrogen-bond donors (Lipinski definition) is 1. The van der Waals surface area contributed by atoms with Crippen LogP contribution in [0.4, 0.5) is 0 Å². The van der Waals surface area contributed by atoms with Crippen LogP contribution in [-0.2, 0) is 10.5 Å². The quantitative estimate of drug-likeness (QED) is 0.650. The van der Waals surface area contributed by atoms with E-state index in [1.165, 1.54) is 5.56 Å². The zero-order chi connectivity index (χ0) is 20.6. The van der Waals surface area contributed by atoms with E-state index < -0.39 is 0 Å². The van der Waals surface area contributed by atoms with Gasteiger partial charge in [-0.15, -0.1) is 11.3 Å². The number of hydrogen-bond acceptors (Lipinski definition) is 6. The Morgan fingerprint density at radius 3 is 2.52 bits per heavy atom. The molecule has 0 saturated carbocycles. The van der Waals surface area contributed by atoms with E-state index in [0.29, 0.717) is 19.6 Å². The highest BCUT2D eigenvalue weighted by Crippen LogP contribution is 2.26. The second kappa shape index (κ2) is 10.8. The maximum absolute atomic E-state index is 12.8. The summed E-state index contributed by atoms with van der Waals surface area (Å²) in [4.78, 5) is 33.1. The molecule has 1 aromatic carbocycles. The molecule has 0 bridgehead atoms. The third-order valence-electron chi connectivity index (χ3n) is 4.76. The molecule has 0 unspecified atom stereocenters. The minimum atomic E-state index is 0.0630. The molecule has 156 valence electrons. The molecule has 6 nitrogen and oxygen atoms in total. The number of piperazine rings is 1. The average Bonchev–Trinajstić information content (AvgIpc) is 3.16. The van der Waals surface area contributed by atoms with Crippen molar-refractivity contribution in [3.8, 4) is 0 Å². The number of carbonyl (C=O) groups excluding carboxylic acids is 2. The summed E-state index contributed by atoms with van der Waals surface area (Å²) in [6.45, 7) is 7.93. The van der Waals surface area contributed by atoms with Crippen molar-refractivity contribution < 1.29 is 9.59 Å². The Hall–Kier alpha value is -1.90. The molecule has 0 radical (unpaired) electrons. The van der Waals surface area contributed by atoms with Gasteiger partial charge in [0.05, 0.1) is 6.54 Å². The minimum absolute atomic E-state index is 0.0630. The van der Waals surface area contributed by atoms with Crippen LogP contribution in [0.15, 0.2) is 34.0 Å². The molecule has 1 fully saturated rings. The van der Waals surface area contributed by atoms with Crippen LogP contribution in [0.25, 0.3) is 0 Å². The molecular formula is C21H28N4O2S2. The topological polar surface area (TPSA) is 65.5 Å². The maximum atomic E-state index is 12.8. The molecule has 1 saturated heterocycles. The zero-order valence-electron chi connectivity index (χ0n) is 17.0. The third-order valence-corrected chi connectivity index (χ3v) is 6.97. The lowest BCUT2D eigenvalue weighted by Crippen LogP contribution is -2.51. The van der Waals surface area contributed by atoms with Gasteiger partial charge < -0.3 is 10.2 Å². The molecule has 0 atom stereocenters. The summed E-state index contributed by atoms with van der Waals surface area (Å²) in [5.41, 5.74) is 2.96. The largest absolute Gasteiger partial charge is 0.355 e. The highest BCUT2D eigenvalue weighted by molar-refractivity contribution is 8.00. The Balaban J connectivity index is 1.45. The van der Waals surface area contributed by atoms with Gasteiger partial charge in [-0.1, -0.05) is 30.8 Å². The van der Waals surface area contributed by atoms with Crippen molar-refractivity contribution in [2.24, 2.45) is 0 Å². The second-order valence-electron chi connectivity index (χ2n) is 7.16. The van der Waals surface area contributed by atoms with Crippen molar-refractivity contribution in [3.63, 3.8) is 0 Å². The maximum Gasteiger partial charge on any atom is 0.253 e. The van der Waals surface area contributed by atoms with Gasteiger partial charge in [0, 0.05) is 55.1 Å². The monoisotopic (exact) mass is 432 g/mol. The van der Waals surface area contributed by atoms with Gasteiger partial charge in [0.2, 0.25) is 5.91 Å². The number of thiazole rings is 1. The van der Waals surface area contributed by atoms with Gasteiger partial charge in [-0.25, -0.2) is 4.98 Å². The number of aromatic nitrogens is 1. The fraction of sp³-hybridized carbons (Fsp3) is 0.476. The number of rotatable bonds is 8. The van der Waals surface area contributed by atoms with Gasteiger partial charge in [0.25, 0.3) is 5.91 Å². The molecule has 1 aromatic heterocycles. The number of carbonyl (C=O) groups is 2. The number of nitrogens with zero attached hydrogens (tertiary/aromatic N) is 3. The molecule has 3 rings (SSSR count). The predicted molar refractivity (Wildman–Crippen MR) is 118 cm³/mol. The first kappa shape index (κ1) is 21.8. The molecule has 0 spiro atoms. The van der Waals surface area contributed by atoms with Gasteiger partial charge in [0.15, 0.2) is 0 Å². The number of amides is 2. The molecule has 1 aliphatic rings. The first-order valence-corrected chi connectivity index (χ1v) is 11.8. The standard InChI is InChI=1S/C21H28N4O2S2/c1-3-8-22-19(26)13-24-9-11-25(12-10-24)20(27)18-6-4-17(5-7-18)15-29-21-23-16(2)14-28-21/h4-7,14H,3,8-13,15H2,1-2H3,(H,22,26). The van der Waals surface area contributed by atoms with Crippen molar-refractivity contribution in [1.82, 2.24) is 20.1 Å². The molecule has 8 heteroatoms. The highest BCUT2D eigenvalue weighted by Gasteiger charge is 2.23. The van der Waals surface area contributed by atoms with Crippen LogP contribution >= 0.6 is 23.1 Å². The van der Waals surface area contributed by atoms with E-state index in [-0.39, 0.29) is 11.8 Å². The van der Waals surface area contributed by atoms with Crippen molar-refractivity contribution in [2.45, 2.75) is 30.4 Å². The molecular weight excluding hydrogens is 404 g/mol. The summed E-state index contributed by atoms with van der Waals surface area (Å²) >= 11 is 3.39. The lowest BCUT2D eigenvalue weighted by atomic mass is 10.1. The number of thioether (sulfide) groups is 1. The van der Waals surface area contributed by atoms with Crippen LogP contribution in [0.5, 0.6) is 0 Å². The van der Waals surface area contributed by atoms with Gasteiger partial charge >= 0.3 is 0 Å². The van der Waals surface area contributed by atoms with E-state index in [0.717, 1.165) is 47.4 Å². The molecule has 1 aliphatic heterocycles. The van der Waals surface area contributed by atoms with Gasteiger partial charge in [-0.2, -0.15) is 0 Å². The van der Waals surface area contributed by atoms with Crippen LogP contribution in [-0.4, -0.2) is 65.9 Å². The van der Waals surface area contributed by atoms with E-state index >= 15 is 0 Å². The van der Waals surface area contributed by atoms with Gasteiger partial charge in [-0.3, -0.25) is 14.5 Å². The van der Waals surface area contributed by atoms with E-state index in [1.54, 1.807) is 23.1 Å². The molecule has 1 N–H and O–H groups in total. The van der Waals surface area contributed by atoms with Crippen molar-refractivity contribution >= 4 is 34.9 Å². The first-order valence-electron chi connectivity index (χ1n) is 9.97. The van der Waals surface area contributed by atoms with Gasteiger partial charge in [0.1, 0.15) is 4.34 Å². The van der Waals surface area contributed by atoms with Crippen LogP contribution in [0.3, 0.4) is 0 Å². The third kappa shape index (κ3) is 6.55. The Labute approximate surface area is 180 Å². The summed E-state index contributed by atoms with van der Waals surface area (Å²) in [5, 5.41) is 4.96. The molecule has 2 heterocycles. The second-order valence-corrected chi connectivity index (χ2v) is 9.24. The number of aryl methyl sites for hydroxylation is 1. The molecule has 2 aromatic rings. The highest BCUT2D eigenvalue weighted by atomic mass is 32.2. The summed E-state index contributed by atoms with van der Waals surface area (Å²) < 4.78 is 1.07. The van der Waals surface area contributed by atoms with Crippen molar-refractivity contribution in [2.75, 3.05) is 39.3 Å².